The zero-order chi connectivity index (χ0) is 27.2. The van der Waals surface area contributed by atoms with Crippen molar-refractivity contribution in [3.8, 4) is 22.5 Å². The highest BCUT2D eigenvalue weighted by Gasteiger charge is 2.17. The van der Waals surface area contributed by atoms with Crippen LogP contribution in [0.4, 0.5) is 22.1 Å². The number of benzene rings is 2. The Balaban J connectivity index is 1.36. The molecular formula is C30H36N8O. The highest BCUT2D eigenvalue weighted by Crippen LogP contribution is 2.31. The minimum Gasteiger partial charge on any atom is -0.338 e. The van der Waals surface area contributed by atoms with Gasteiger partial charge in [0.2, 0.25) is 5.95 Å². The first-order valence-corrected chi connectivity index (χ1v) is 13.6. The van der Waals surface area contributed by atoms with E-state index < -0.39 is 0 Å². The van der Waals surface area contributed by atoms with E-state index in [9.17, 15) is 4.79 Å². The zero-order valence-corrected chi connectivity index (χ0v) is 22.9. The Morgan fingerprint density at radius 3 is 2.59 bits per heavy atom. The smallest absolute Gasteiger partial charge is 0.321 e. The first kappa shape index (κ1) is 26.4. The second-order valence-corrected chi connectivity index (χ2v) is 9.77. The summed E-state index contributed by atoms with van der Waals surface area (Å²) in [5.41, 5.74) is 6.56. The third kappa shape index (κ3) is 6.26. The maximum Gasteiger partial charge on any atom is 0.321 e. The Labute approximate surface area is 229 Å². The summed E-state index contributed by atoms with van der Waals surface area (Å²) in [4.78, 5) is 25.9. The van der Waals surface area contributed by atoms with Gasteiger partial charge in [0.1, 0.15) is 5.69 Å². The number of likely N-dealkylation sites (tertiary alicyclic amines) is 1. The average molecular weight is 525 g/mol. The molecule has 2 N–H and O–H groups in total. The van der Waals surface area contributed by atoms with E-state index in [1.807, 2.05) is 63.5 Å². The van der Waals surface area contributed by atoms with Crippen LogP contribution >= 0.6 is 0 Å². The van der Waals surface area contributed by atoms with E-state index in [-0.39, 0.29) is 6.03 Å². The molecule has 1 saturated heterocycles. The fourth-order valence-corrected chi connectivity index (χ4v) is 5.02. The number of nitrogens with one attached hydrogen (secondary N) is 2. The van der Waals surface area contributed by atoms with Crippen LogP contribution < -0.4 is 15.5 Å². The van der Waals surface area contributed by atoms with Crippen molar-refractivity contribution in [1.29, 1.82) is 0 Å². The van der Waals surface area contributed by atoms with E-state index in [2.05, 4.69) is 38.7 Å². The van der Waals surface area contributed by atoms with Crippen LogP contribution in [0, 0.1) is 0 Å². The zero-order valence-electron chi connectivity index (χ0n) is 22.9. The molecule has 39 heavy (non-hydrogen) atoms. The standard InChI is InChI=1S/C30H36N8O/c1-4-31-30(39)38(5-2)25-13-11-23(12-14-25)28-26(21-36(3)35-28)27-15-16-32-29(34-27)33-24-10-8-9-22(19-24)20-37-17-6-7-18-37/h8-16,19,21H,4-7,17-18,20H2,1-3H3,(H,31,39)(H,32,33,34). The van der Waals surface area contributed by atoms with Gasteiger partial charge in [-0.1, -0.05) is 24.3 Å². The molecule has 1 fully saturated rings. The lowest BCUT2D eigenvalue weighted by Crippen LogP contribution is -2.39. The molecule has 0 radical (unpaired) electrons. The lowest BCUT2D eigenvalue weighted by atomic mass is 10.1. The molecule has 9 nitrogen and oxygen atoms in total. The van der Waals surface area contributed by atoms with Gasteiger partial charge in [0.05, 0.1) is 5.69 Å². The van der Waals surface area contributed by atoms with Crippen LogP contribution in [0.1, 0.15) is 32.3 Å². The molecule has 9 heteroatoms. The third-order valence-electron chi connectivity index (χ3n) is 6.89. The normalized spacial score (nSPS) is 13.4. The quantitative estimate of drug-likeness (QED) is 0.303. The first-order valence-electron chi connectivity index (χ1n) is 13.6. The monoisotopic (exact) mass is 524 g/mol. The van der Waals surface area contributed by atoms with E-state index in [0.717, 1.165) is 40.4 Å². The Kier molecular flexibility index (Phi) is 8.17. The number of hydrogen-bond donors (Lipinski definition) is 2. The summed E-state index contributed by atoms with van der Waals surface area (Å²) in [5, 5.41) is 11.0. The maximum absolute atomic E-state index is 12.4. The van der Waals surface area contributed by atoms with Crippen molar-refractivity contribution in [3.05, 3.63) is 72.6 Å². The van der Waals surface area contributed by atoms with Crippen molar-refractivity contribution >= 4 is 23.4 Å². The van der Waals surface area contributed by atoms with Crippen molar-refractivity contribution in [2.75, 3.05) is 36.4 Å². The van der Waals surface area contributed by atoms with Crippen molar-refractivity contribution < 1.29 is 4.79 Å². The maximum atomic E-state index is 12.4. The Hall–Kier alpha value is -4.24. The van der Waals surface area contributed by atoms with Crippen molar-refractivity contribution in [3.63, 3.8) is 0 Å². The van der Waals surface area contributed by atoms with Crippen LogP contribution in [0.5, 0.6) is 0 Å². The Morgan fingerprint density at radius 1 is 1.05 bits per heavy atom. The summed E-state index contributed by atoms with van der Waals surface area (Å²) < 4.78 is 1.79. The van der Waals surface area contributed by atoms with Crippen molar-refractivity contribution in [2.45, 2.75) is 33.2 Å². The molecule has 202 valence electrons. The van der Waals surface area contributed by atoms with Gasteiger partial charge in [0, 0.05) is 61.6 Å². The minimum atomic E-state index is -0.103. The topological polar surface area (TPSA) is 91.2 Å². The molecule has 2 aromatic carbocycles. The molecule has 0 bridgehead atoms. The van der Waals surface area contributed by atoms with Gasteiger partial charge in [-0.25, -0.2) is 14.8 Å². The highest BCUT2D eigenvalue weighted by atomic mass is 16.2. The summed E-state index contributed by atoms with van der Waals surface area (Å²) in [7, 11) is 1.90. The number of nitrogens with zero attached hydrogens (tertiary/aromatic N) is 6. The fraction of sp³-hybridized carbons (Fsp3) is 0.333. The largest absolute Gasteiger partial charge is 0.338 e. The second-order valence-electron chi connectivity index (χ2n) is 9.77. The fourth-order valence-electron chi connectivity index (χ4n) is 5.02. The van der Waals surface area contributed by atoms with Gasteiger partial charge in [-0.05, 0) is 75.7 Å². The van der Waals surface area contributed by atoms with E-state index in [0.29, 0.717) is 19.0 Å². The number of amides is 2. The molecule has 1 aliphatic rings. The number of carbonyl (C=O) groups is 1. The third-order valence-corrected chi connectivity index (χ3v) is 6.89. The van der Waals surface area contributed by atoms with Crippen LogP contribution in [0.15, 0.2) is 67.0 Å². The van der Waals surface area contributed by atoms with Gasteiger partial charge in [-0.3, -0.25) is 14.5 Å². The summed E-state index contributed by atoms with van der Waals surface area (Å²) in [6, 6.07) is 18.2. The molecule has 2 aromatic heterocycles. The van der Waals surface area contributed by atoms with E-state index in [1.165, 1.54) is 31.5 Å². The number of aromatic nitrogens is 4. The van der Waals surface area contributed by atoms with Crippen LogP contribution in [0.2, 0.25) is 0 Å². The molecule has 0 saturated carbocycles. The first-order chi connectivity index (χ1) is 19.0. The summed E-state index contributed by atoms with van der Waals surface area (Å²) in [5.74, 6) is 0.538. The lowest BCUT2D eigenvalue weighted by molar-refractivity contribution is 0.247. The van der Waals surface area contributed by atoms with Crippen molar-refractivity contribution in [2.24, 2.45) is 7.05 Å². The Morgan fingerprint density at radius 2 is 1.85 bits per heavy atom. The van der Waals surface area contributed by atoms with Gasteiger partial charge in [0.15, 0.2) is 0 Å². The number of carbonyl (C=O) groups excluding carboxylic acids is 1. The molecule has 5 rings (SSSR count). The number of anilines is 3. The van der Waals surface area contributed by atoms with Crippen LogP contribution in [0.3, 0.4) is 0 Å². The highest BCUT2D eigenvalue weighted by molar-refractivity contribution is 5.92. The summed E-state index contributed by atoms with van der Waals surface area (Å²) in [6.45, 7) is 8.35. The van der Waals surface area contributed by atoms with Crippen LogP contribution in [-0.4, -0.2) is 56.9 Å². The van der Waals surface area contributed by atoms with Crippen LogP contribution in [0.25, 0.3) is 22.5 Å². The van der Waals surface area contributed by atoms with E-state index in [1.54, 1.807) is 15.8 Å². The van der Waals surface area contributed by atoms with Crippen LogP contribution in [-0.2, 0) is 13.6 Å². The molecule has 1 aliphatic heterocycles. The lowest BCUT2D eigenvalue weighted by Gasteiger charge is -2.21. The van der Waals surface area contributed by atoms with E-state index >= 15 is 0 Å². The second kappa shape index (κ2) is 12.1. The number of hydrogen-bond acceptors (Lipinski definition) is 6. The molecule has 4 aromatic rings. The average Bonchev–Trinajstić information content (AvgIpc) is 3.60. The predicted molar refractivity (Wildman–Crippen MR) is 156 cm³/mol. The molecule has 0 aliphatic carbocycles. The van der Waals surface area contributed by atoms with Gasteiger partial charge in [-0.2, -0.15) is 5.10 Å². The predicted octanol–water partition coefficient (Wildman–Crippen LogP) is 5.44. The molecular weight excluding hydrogens is 488 g/mol. The molecule has 0 unspecified atom stereocenters. The molecule has 0 atom stereocenters. The van der Waals surface area contributed by atoms with Gasteiger partial charge in [-0.15, -0.1) is 0 Å². The summed E-state index contributed by atoms with van der Waals surface area (Å²) >= 11 is 0. The number of aryl methyl sites for hydroxylation is 1. The number of rotatable bonds is 9. The van der Waals surface area contributed by atoms with Gasteiger partial charge >= 0.3 is 6.03 Å². The van der Waals surface area contributed by atoms with Gasteiger partial charge in [0.25, 0.3) is 0 Å². The minimum absolute atomic E-state index is 0.103. The Bertz CT molecular complexity index is 1410. The van der Waals surface area contributed by atoms with Crippen molar-refractivity contribution in [1.82, 2.24) is 30.0 Å². The molecule has 2 amide bonds. The SMILES string of the molecule is CCNC(=O)N(CC)c1ccc(-c2nn(C)cc2-c2ccnc(Nc3cccc(CN4CCCC4)c3)n2)cc1. The summed E-state index contributed by atoms with van der Waals surface area (Å²) in [6.07, 6.45) is 6.31. The van der Waals surface area contributed by atoms with Gasteiger partial charge < -0.3 is 10.6 Å². The van der Waals surface area contributed by atoms with E-state index in [4.69, 9.17) is 10.1 Å². The number of urea groups is 1. The molecule has 3 heterocycles. The molecule has 0 spiro atoms.